The summed E-state index contributed by atoms with van der Waals surface area (Å²) in [7, 11) is 0. The number of halogens is 1. The molecule has 1 aromatic rings. The third kappa shape index (κ3) is 2.44. The van der Waals surface area contributed by atoms with Crippen molar-refractivity contribution >= 4 is 12.0 Å². The number of carbonyl (C=O) groups is 1. The van der Waals surface area contributed by atoms with E-state index in [0.29, 0.717) is 37.1 Å². The van der Waals surface area contributed by atoms with Crippen LogP contribution >= 0.6 is 0 Å². The third-order valence-electron chi connectivity index (χ3n) is 3.04. The average Bonchev–Trinajstić information content (AvgIpc) is 2.39. The van der Waals surface area contributed by atoms with Crippen LogP contribution in [0.25, 0.3) is 0 Å². The van der Waals surface area contributed by atoms with E-state index in [1.807, 2.05) is 4.90 Å². The van der Waals surface area contributed by atoms with E-state index < -0.39 is 6.17 Å². The second-order valence-corrected chi connectivity index (χ2v) is 4.17. The van der Waals surface area contributed by atoms with Crippen molar-refractivity contribution < 1.29 is 9.18 Å². The van der Waals surface area contributed by atoms with Gasteiger partial charge in [0.25, 0.3) is 0 Å². The van der Waals surface area contributed by atoms with Crippen molar-refractivity contribution in [3.8, 4) is 6.07 Å². The third-order valence-corrected chi connectivity index (χ3v) is 3.04. The van der Waals surface area contributed by atoms with E-state index in [1.165, 1.54) is 0 Å². The first-order valence-electron chi connectivity index (χ1n) is 5.63. The van der Waals surface area contributed by atoms with Crippen LogP contribution in [0, 0.1) is 11.3 Å². The van der Waals surface area contributed by atoms with Crippen molar-refractivity contribution in [2.24, 2.45) is 0 Å². The first kappa shape index (κ1) is 11.6. The highest BCUT2D eigenvalue weighted by atomic mass is 19.1. The summed E-state index contributed by atoms with van der Waals surface area (Å²) >= 11 is 0. The van der Waals surface area contributed by atoms with Gasteiger partial charge in [-0.05, 0) is 31.0 Å². The predicted molar refractivity (Wildman–Crippen MR) is 62.9 cm³/mol. The molecule has 0 unspecified atom stereocenters. The maximum atomic E-state index is 13.0. The zero-order valence-corrected chi connectivity index (χ0v) is 9.40. The molecule has 1 aromatic carbocycles. The summed E-state index contributed by atoms with van der Waals surface area (Å²) in [5.74, 6) is 0. The van der Waals surface area contributed by atoms with Gasteiger partial charge in [-0.15, -0.1) is 0 Å². The van der Waals surface area contributed by atoms with Gasteiger partial charge in [0.2, 0.25) is 0 Å². The smallest absolute Gasteiger partial charge is 0.150 e. The molecule has 1 fully saturated rings. The van der Waals surface area contributed by atoms with Crippen LogP contribution in [0.4, 0.5) is 10.1 Å². The Balaban J connectivity index is 2.26. The molecule has 2 rings (SSSR count). The second-order valence-electron chi connectivity index (χ2n) is 4.17. The topological polar surface area (TPSA) is 44.1 Å². The van der Waals surface area contributed by atoms with Gasteiger partial charge in [-0.3, -0.25) is 4.79 Å². The van der Waals surface area contributed by atoms with Gasteiger partial charge in [-0.1, -0.05) is 0 Å². The van der Waals surface area contributed by atoms with Gasteiger partial charge in [-0.25, -0.2) is 4.39 Å². The van der Waals surface area contributed by atoms with E-state index in [-0.39, 0.29) is 0 Å². The van der Waals surface area contributed by atoms with Gasteiger partial charge in [0.05, 0.1) is 11.3 Å². The number of piperidine rings is 1. The Morgan fingerprint density at radius 2 is 2.12 bits per heavy atom. The SMILES string of the molecule is N#Cc1cc(C=O)ccc1N1CCC(F)CC1. The lowest BCUT2D eigenvalue weighted by Crippen LogP contribution is -2.34. The number of hydrogen-bond acceptors (Lipinski definition) is 3. The molecule has 0 N–H and O–H groups in total. The van der Waals surface area contributed by atoms with Gasteiger partial charge < -0.3 is 4.90 Å². The molecule has 4 heteroatoms. The molecule has 88 valence electrons. The van der Waals surface area contributed by atoms with Gasteiger partial charge in [0, 0.05) is 18.7 Å². The summed E-state index contributed by atoms with van der Waals surface area (Å²) in [5, 5.41) is 9.05. The molecule has 1 aliphatic heterocycles. The van der Waals surface area contributed by atoms with Gasteiger partial charge >= 0.3 is 0 Å². The molecule has 17 heavy (non-hydrogen) atoms. The van der Waals surface area contributed by atoms with Crippen molar-refractivity contribution in [3.63, 3.8) is 0 Å². The minimum Gasteiger partial charge on any atom is -0.370 e. The first-order chi connectivity index (χ1) is 8.24. The summed E-state index contributed by atoms with van der Waals surface area (Å²) in [5.41, 5.74) is 1.77. The second kappa shape index (κ2) is 4.96. The Hall–Kier alpha value is -1.89. The maximum Gasteiger partial charge on any atom is 0.150 e. The number of anilines is 1. The van der Waals surface area contributed by atoms with Crippen LogP contribution in [0.3, 0.4) is 0 Å². The van der Waals surface area contributed by atoms with Gasteiger partial charge in [-0.2, -0.15) is 5.26 Å². The Bertz CT molecular complexity index is 459. The highest BCUT2D eigenvalue weighted by Gasteiger charge is 2.20. The molecule has 1 saturated heterocycles. The minimum absolute atomic E-state index is 0.479. The Labute approximate surface area is 99.5 Å². The normalized spacial score (nSPS) is 16.6. The van der Waals surface area contributed by atoms with Crippen molar-refractivity contribution in [3.05, 3.63) is 29.3 Å². The number of hydrogen-bond donors (Lipinski definition) is 0. The first-order valence-corrected chi connectivity index (χ1v) is 5.63. The molecule has 0 atom stereocenters. The Morgan fingerprint density at radius 3 is 2.71 bits per heavy atom. The number of benzene rings is 1. The van der Waals surface area contributed by atoms with E-state index in [1.54, 1.807) is 18.2 Å². The van der Waals surface area contributed by atoms with Crippen LogP contribution in [-0.2, 0) is 0 Å². The number of alkyl halides is 1. The van der Waals surface area contributed by atoms with Crippen LogP contribution < -0.4 is 4.90 Å². The number of carbonyl (C=O) groups excluding carboxylic acids is 1. The van der Waals surface area contributed by atoms with Crippen LogP contribution in [0.5, 0.6) is 0 Å². The Morgan fingerprint density at radius 1 is 1.41 bits per heavy atom. The monoisotopic (exact) mass is 232 g/mol. The number of nitrogens with zero attached hydrogens (tertiary/aromatic N) is 2. The number of rotatable bonds is 2. The fourth-order valence-corrected chi connectivity index (χ4v) is 2.08. The average molecular weight is 232 g/mol. The van der Waals surface area contributed by atoms with E-state index in [4.69, 9.17) is 5.26 Å². The molecule has 0 radical (unpaired) electrons. The molecule has 0 spiro atoms. The molecule has 0 saturated carbocycles. The molecular weight excluding hydrogens is 219 g/mol. The van der Waals surface area contributed by atoms with Crippen molar-refractivity contribution in [1.29, 1.82) is 5.26 Å². The van der Waals surface area contributed by atoms with Crippen molar-refractivity contribution in [2.45, 2.75) is 19.0 Å². The standard InChI is InChI=1S/C13H13FN2O/c14-12-3-5-16(6-4-12)13-2-1-10(9-17)7-11(13)8-15/h1-2,7,9,12H,3-6H2. The summed E-state index contributed by atoms with van der Waals surface area (Å²) in [6.45, 7) is 1.24. The lowest BCUT2D eigenvalue weighted by atomic mass is 10.0. The summed E-state index contributed by atoms with van der Waals surface area (Å²) in [6, 6.07) is 7.11. The quantitative estimate of drug-likeness (QED) is 0.735. The zero-order valence-electron chi connectivity index (χ0n) is 9.40. The lowest BCUT2D eigenvalue weighted by Gasteiger charge is -2.31. The minimum atomic E-state index is -0.731. The fraction of sp³-hybridized carbons (Fsp3) is 0.385. The van der Waals surface area contributed by atoms with Gasteiger partial charge in [0.1, 0.15) is 18.5 Å². The zero-order chi connectivity index (χ0) is 12.3. The van der Waals surface area contributed by atoms with Crippen LogP contribution in [0.1, 0.15) is 28.8 Å². The highest BCUT2D eigenvalue weighted by molar-refractivity contribution is 5.78. The van der Waals surface area contributed by atoms with Crippen LogP contribution in [0.15, 0.2) is 18.2 Å². The lowest BCUT2D eigenvalue weighted by molar-refractivity contribution is 0.112. The largest absolute Gasteiger partial charge is 0.370 e. The molecule has 1 heterocycles. The molecule has 0 aliphatic carbocycles. The fourth-order valence-electron chi connectivity index (χ4n) is 2.08. The van der Waals surface area contributed by atoms with Crippen molar-refractivity contribution in [1.82, 2.24) is 0 Å². The number of nitriles is 1. The molecule has 3 nitrogen and oxygen atoms in total. The van der Waals surface area contributed by atoms with Crippen LogP contribution in [0.2, 0.25) is 0 Å². The van der Waals surface area contributed by atoms with Crippen molar-refractivity contribution in [2.75, 3.05) is 18.0 Å². The summed E-state index contributed by atoms with van der Waals surface area (Å²) in [6.07, 6.45) is 0.991. The van der Waals surface area contributed by atoms with E-state index >= 15 is 0 Å². The summed E-state index contributed by atoms with van der Waals surface area (Å²) in [4.78, 5) is 12.6. The number of aldehydes is 1. The van der Waals surface area contributed by atoms with E-state index in [2.05, 4.69) is 6.07 Å². The summed E-state index contributed by atoms with van der Waals surface area (Å²) < 4.78 is 13.0. The predicted octanol–water partition coefficient (Wildman–Crippen LogP) is 2.31. The molecule has 0 aromatic heterocycles. The highest BCUT2D eigenvalue weighted by Crippen LogP contribution is 2.25. The van der Waals surface area contributed by atoms with Crippen LogP contribution in [-0.4, -0.2) is 25.5 Å². The van der Waals surface area contributed by atoms with E-state index in [0.717, 1.165) is 12.0 Å². The Kier molecular flexibility index (Phi) is 3.38. The van der Waals surface area contributed by atoms with E-state index in [9.17, 15) is 9.18 Å². The molecule has 0 amide bonds. The molecule has 0 bridgehead atoms. The molecule has 1 aliphatic rings. The molecular formula is C13H13FN2O. The maximum absolute atomic E-state index is 13.0. The van der Waals surface area contributed by atoms with Gasteiger partial charge in [0.15, 0.2) is 0 Å².